The molecule has 0 bridgehead atoms. The van der Waals surface area contributed by atoms with Crippen molar-refractivity contribution in [1.29, 1.82) is 0 Å². The first kappa shape index (κ1) is 48.5. The van der Waals surface area contributed by atoms with Crippen LogP contribution in [0.15, 0.2) is 24.3 Å². The van der Waals surface area contributed by atoms with Crippen LogP contribution < -0.4 is 0 Å². The second-order valence-electron chi connectivity index (χ2n) is 14.3. The van der Waals surface area contributed by atoms with E-state index in [4.69, 9.17) is 10.2 Å². The lowest BCUT2D eigenvalue weighted by Gasteiger charge is -2.03. The molecular formula is C44H84O4. The van der Waals surface area contributed by atoms with Crippen molar-refractivity contribution in [3.63, 3.8) is 0 Å². The van der Waals surface area contributed by atoms with Gasteiger partial charge in [-0.25, -0.2) is 4.79 Å². The van der Waals surface area contributed by atoms with E-state index in [2.05, 4.69) is 26.0 Å². The monoisotopic (exact) mass is 677 g/mol. The van der Waals surface area contributed by atoms with E-state index >= 15 is 0 Å². The molecule has 4 heteroatoms. The van der Waals surface area contributed by atoms with Crippen LogP contribution in [0.5, 0.6) is 0 Å². The molecule has 0 saturated heterocycles. The Balaban J connectivity index is 0. The summed E-state index contributed by atoms with van der Waals surface area (Å²) in [6.45, 7) is 4.56. The van der Waals surface area contributed by atoms with Crippen LogP contribution in [0, 0.1) is 0 Å². The molecule has 0 radical (unpaired) electrons. The van der Waals surface area contributed by atoms with Crippen LogP contribution in [0.25, 0.3) is 0 Å². The van der Waals surface area contributed by atoms with Crippen molar-refractivity contribution in [2.45, 2.75) is 245 Å². The largest absolute Gasteiger partial charge is 0.481 e. The Kier molecular flexibility index (Phi) is 45.9. The van der Waals surface area contributed by atoms with E-state index in [-0.39, 0.29) is 0 Å². The molecule has 2 N–H and O–H groups in total. The first-order valence-electron chi connectivity index (χ1n) is 21.3. The summed E-state index contributed by atoms with van der Waals surface area (Å²) in [5.41, 5.74) is 0. The SMILES string of the molecule is CCCCCCCCCC/C=C/CCCCCCCCCC(=O)O.CCCCCCCCCCCCCCCCCCC/C=C/C(=O)O. The highest BCUT2D eigenvalue weighted by atomic mass is 16.4. The van der Waals surface area contributed by atoms with Gasteiger partial charge in [0.05, 0.1) is 0 Å². The third-order valence-corrected chi connectivity index (χ3v) is 9.39. The molecule has 0 aliphatic heterocycles. The van der Waals surface area contributed by atoms with Gasteiger partial charge in [-0.2, -0.15) is 0 Å². The third-order valence-electron chi connectivity index (χ3n) is 9.39. The normalized spacial score (nSPS) is 11.4. The quantitative estimate of drug-likeness (QED) is 0.0388. The summed E-state index contributed by atoms with van der Waals surface area (Å²) >= 11 is 0. The Hall–Kier alpha value is -1.58. The van der Waals surface area contributed by atoms with Gasteiger partial charge in [-0.15, -0.1) is 0 Å². The predicted octanol–water partition coefficient (Wildman–Crippen LogP) is 15.3. The number of hydrogen-bond donors (Lipinski definition) is 2. The molecule has 0 fully saturated rings. The molecule has 0 aromatic carbocycles. The van der Waals surface area contributed by atoms with Gasteiger partial charge in [-0.05, 0) is 44.9 Å². The van der Waals surface area contributed by atoms with Crippen LogP contribution >= 0.6 is 0 Å². The van der Waals surface area contributed by atoms with Crippen molar-refractivity contribution >= 4 is 11.9 Å². The number of carboxylic acid groups (broad SMARTS) is 2. The highest BCUT2D eigenvalue weighted by molar-refractivity contribution is 5.79. The fourth-order valence-electron chi connectivity index (χ4n) is 6.23. The molecular weight excluding hydrogens is 592 g/mol. The van der Waals surface area contributed by atoms with Gasteiger partial charge in [0.15, 0.2) is 0 Å². The van der Waals surface area contributed by atoms with Crippen molar-refractivity contribution in [1.82, 2.24) is 0 Å². The lowest BCUT2D eigenvalue weighted by Crippen LogP contribution is -1.93. The van der Waals surface area contributed by atoms with E-state index in [1.54, 1.807) is 6.08 Å². The van der Waals surface area contributed by atoms with Gasteiger partial charge in [-0.3, -0.25) is 4.79 Å². The number of unbranched alkanes of at least 4 members (excludes halogenated alkanes) is 32. The zero-order chi connectivity index (χ0) is 35.4. The maximum atomic E-state index is 10.4. The van der Waals surface area contributed by atoms with E-state index < -0.39 is 11.9 Å². The van der Waals surface area contributed by atoms with Gasteiger partial charge in [0.25, 0.3) is 0 Å². The van der Waals surface area contributed by atoms with E-state index in [1.807, 2.05) is 0 Å². The topological polar surface area (TPSA) is 74.6 Å². The zero-order valence-electron chi connectivity index (χ0n) is 32.5. The number of carbonyl (C=O) groups is 2. The smallest absolute Gasteiger partial charge is 0.327 e. The minimum absolute atomic E-state index is 0.337. The Morgan fingerprint density at radius 1 is 0.354 bits per heavy atom. The van der Waals surface area contributed by atoms with E-state index in [9.17, 15) is 9.59 Å². The van der Waals surface area contributed by atoms with E-state index in [1.165, 1.54) is 205 Å². The Morgan fingerprint density at radius 2 is 0.604 bits per heavy atom. The molecule has 0 spiro atoms. The van der Waals surface area contributed by atoms with Gasteiger partial charge in [0.1, 0.15) is 0 Å². The highest BCUT2D eigenvalue weighted by Gasteiger charge is 1.97. The molecule has 0 aliphatic rings. The van der Waals surface area contributed by atoms with Gasteiger partial charge in [-0.1, -0.05) is 212 Å². The summed E-state index contributed by atoms with van der Waals surface area (Å²) in [7, 11) is 0. The third kappa shape index (κ3) is 51.3. The minimum atomic E-state index is -0.832. The number of hydrogen-bond acceptors (Lipinski definition) is 2. The second kappa shape index (κ2) is 45.4. The van der Waals surface area contributed by atoms with Crippen LogP contribution in [0.3, 0.4) is 0 Å². The first-order valence-corrected chi connectivity index (χ1v) is 21.3. The van der Waals surface area contributed by atoms with Gasteiger partial charge < -0.3 is 10.2 Å². The van der Waals surface area contributed by atoms with Crippen molar-refractivity contribution in [2.24, 2.45) is 0 Å². The molecule has 0 amide bonds. The average Bonchev–Trinajstić information content (AvgIpc) is 3.07. The molecule has 0 unspecified atom stereocenters. The molecule has 0 saturated carbocycles. The summed E-state index contributed by atoms with van der Waals surface area (Å²) in [5, 5.41) is 17.0. The van der Waals surface area contributed by atoms with Gasteiger partial charge in [0.2, 0.25) is 0 Å². The summed E-state index contributed by atoms with van der Waals surface area (Å²) in [6.07, 6.45) is 54.6. The Labute approximate surface area is 300 Å². The first-order chi connectivity index (χ1) is 23.5. The molecule has 4 nitrogen and oxygen atoms in total. The van der Waals surface area contributed by atoms with Crippen LogP contribution in [-0.4, -0.2) is 22.2 Å². The number of rotatable bonds is 38. The average molecular weight is 677 g/mol. The lowest BCUT2D eigenvalue weighted by atomic mass is 10.0. The molecule has 0 heterocycles. The molecule has 0 atom stereocenters. The van der Waals surface area contributed by atoms with Crippen molar-refractivity contribution in [3.05, 3.63) is 24.3 Å². The summed E-state index contributed by atoms with van der Waals surface area (Å²) < 4.78 is 0. The molecule has 0 aliphatic carbocycles. The van der Waals surface area contributed by atoms with Crippen LogP contribution in [0.4, 0.5) is 0 Å². The Morgan fingerprint density at radius 3 is 0.875 bits per heavy atom. The van der Waals surface area contributed by atoms with E-state index in [0.29, 0.717) is 6.42 Å². The number of allylic oxidation sites excluding steroid dienone is 3. The standard InChI is InChI=1S/2C22H42O2/c2*1-2-3-4-5-6-7-8-9-10-11-12-13-14-15-16-17-18-19-20-21-22(23)24/h20-21H,2-19H2,1H3,(H,23,24);11-12H,2-10,13-21H2,1H3,(H,23,24)/b21-20+;12-11+. The minimum Gasteiger partial charge on any atom is -0.481 e. The lowest BCUT2D eigenvalue weighted by molar-refractivity contribution is -0.137. The van der Waals surface area contributed by atoms with Crippen molar-refractivity contribution < 1.29 is 19.8 Å². The summed E-state index contributed by atoms with van der Waals surface area (Å²) in [4.78, 5) is 20.7. The van der Waals surface area contributed by atoms with E-state index in [0.717, 1.165) is 25.7 Å². The van der Waals surface area contributed by atoms with Crippen molar-refractivity contribution in [3.8, 4) is 0 Å². The molecule has 0 aromatic heterocycles. The van der Waals surface area contributed by atoms with Crippen LogP contribution in [0.1, 0.15) is 245 Å². The molecule has 284 valence electrons. The molecule has 0 aromatic rings. The summed E-state index contributed by atoms with van der Waals surface area (Å²) in [6, 6.07) is 0. The number of carboxylic acids is 2. The number of aliphatic carboxylic acids is 2. The second-order valence-corrected chi connectivity index (χ2v) is 14.3. The maximum Gasteiger partial charge on any atom is 0.327 e. The van der Waals surface area contributed by atoms with Gasteiger partial charge in [0, 0.05) is 12.5 Å². The maximum absolute atomic E-state index is 10.4. The van der Waals surface area contributed by atoms with Gasteiger partial charge >= 0.3 is 11.9 Å². The zero-order valence-corrected chi connectivity index (χ0v) is 32.5. The van der Waals surface area contributed by atoms with Crippen molar-refractivity contribution in [2.75, 3.05) is 0 Å². The Bertz CT molecular complexity index is 683. The molecule has 48 heavy (non-hydrogen) atoms. The summed E-state index contributed by atoms with van der Waals surface area (Å²) in [5.74, 6) is -1.49. The molecule has 0 rings (SSSR count). The fraction of sp³-hybridized carbons (Fsp3) is 0.864. The van der Waals surface area contributed by atoms with Crippen LogP contribution in [0.2, 0.25) is 0 Å². The predicted molar refractivity (Wildman–Crippen MR) is 211 cm³/mol. The fourth-order valence-corrected chi connectivity index (χ4v) is 6.23. The van der Waals surface area contributed by atoms with Crippen LogP contribution in [-0.2, 0) is 9.59 Å². The highest BCUT2D eigenvalue weighted by Crippen LogP contribution is 2.15.